The van der Waals surface area contributed by atoms with Crippen LogP contribution in [0.25, 0.3) is 22.3 Å². The molecule has 0 unspecified atom stereocenters. The Morgan fingerprint density at radius 2 is 1.50 bits per heavy atom. The summed E-state index contributed by atoms with van der Waals surface area (Å²) in [6.45, 7) is 10.2. The van der Waals surface area contributed by atoms with Crippen LogP contribution in [0.15, 0.2) is 39.5 Å². The van der Waals surface area contributed by atoms with Gasteiger partial charge in [0.15, 0.2) is 5.43 Å². The highest BCUT2D eigenvalue weighted by atomic mass is 16.3. The van der Waals surface area contributed by atoms with Gasteiger partial charge in [0.1, 0.15) is 11.3 Å². The molecule has 2 aromatic carbocycles. The standard InChI is InChI=1S/C20H20O2/c1-11-6-7-16(8-12(11)2)18-10-17(21)20-15(5)14(4)13(3)9-19(20)22-18/h6-10H,1-5H3. The molecule has 0 atom stereocenters. The number of hydrogen-bond donors (Lipinski definition) is 0. The van der Waals surface area contributed by atoms with Gasteiger partial charge >= 0.3 is 0 Å². The number of fused-ring (bicyclic) bond motifs is 1. The second-order valence-corrected chi connectivity index (χ2v) is 6.09. The minimum atomic E-state index is 0.0232. The van der Waals surface area contributed by atoms with E-state index < -0.39 is 0 Å². The molecule has 2 nitrogen and oxygen atoms in total. The fraction of sp³-hybridized carbons (Fsp3) is 0.250. The predicted molar refractivity (Wildman–Crippen MR) is 91.6 cm³/mol. The van der Waals surface area contributed by atoms with Crippen molar-refractivity contribution in [2.45, 2.75) is 34.6 Å². The highest BCUT2D eigenvalue weighted by Gasteiger charge is 2.12. The van der Waals surface area contributed by atoms with E-state index in [4.69, 9.17) is 4.42 Å². The molecule has 0 amide bonds. The first-order valence-corrected chi connectivity index (χ1v) is 7.51. The molecular weight excluding hydrogens is 272 g/mol. The smallest absolute Gasteiger partial charge is 0.193 e. The number of rotatable bonds is 1. The molecule has 1 heterocycles. The van der Waals surface area contributed by atoms with E-state index in [9.17, 15) is 4.79 Å². The third kappa shape index (κ3) is 2.25. The van der Waals surface area contributed by atoms with Crippen LogP contribution >= 0.6 is 0 Å². The maximum Gasteiger partial charge on any atom is 0.193 e. The van der Waals surface area contributed by atoms with Crippen molar-refractivity contribution in [2.75, 3.05) is 0 Å². The van der Waals surface area contributed by atoms with Gasteiger partial charge in [-0.1, -0.05) is 12.1 Å². The first-order chi connectivity index (χ1) is 10.4. The summed E-state index contributed by atoms with van der Waals surface area (Å²) >= 11 is 0. The molecule has 2 heteroatoms. The molecular formula is C20H20O2. The molecule has 3 aromatic rings. The first-order valence-electron chi connectivity index (χ1n) is 7.51. The summed E-state index contributed by atoms with van der Waals surface area (Å²) in [4.78, 5) is 12.5. The molecule has 0 N–H and O–H groups in total. The van der Waals surface area contributed by atoms with E-state index in [0.29, 0.717) is 16.7 Å². The molecule has 0 saturated carbocycles. The Balaban J connectivity index is 2.31. The monoisotopic (exact) mass is 292 g/mol. The van der Waals surface area contributed by atoms with E-state index in [-0.39, 0.29) is 5.43 Å². The largest absolute Gasteiger partial charge is 0.456 e. The zero-order chi connectivity index (χ0) is 16.0. The lowest BCUT2D eigenvalue weighted by Crippen LogP contribution is -2.04. The minimum absolute atomic E-state index is 0.0232. The summed E-state index contributed by atoms with van der Waals surface area (Å²) in [7, 11) is 0. The normalized spacial score (nSPS) is 11.1. The maximum atomic E-state index is 12.5. The van der Waals surface area contributed by atoms with Gasteiger partial charge in [0, 0.05) is 11.6 Å². The van der Waals surface area contributed by atoms with E-state index in [2.05, 4.69) is 26.0 Å². The van der Waals surface area contributed by atoms with Crippen LogP contribution in [-0.4, -0.2) is 0 Å². The van der Waals surface area contributed by atoms with E-state index in [0.717, 1.165) is 22.3 Å². The average Bonchev–Trinajstić information content (AvgIpc) is 2.47. The van der Waals surface area contributed by atoms with Gasteiger partial charge in [-0.25, -0.2) is 0 Å². The summed E-state index contributed by atoms with van der Waals surface area (Å²) in [5.41, 5.74) is 7.36. The average molecular weight is 292 g/mol. The van der Waals surface area contributed by atoms with Gasteiger partial charge in [-0.05, 0) is 74.6 Å². The fourth-order valence-corrected chi connectivity index (χ4v) is 2.81. The van der Waals surface area contributed by atoms with Gasteiger partial charge in [-0.2, -0.15) is 0 Å². The van der Waals surface area contributed by atoms with E-state index in [1.165, 1.54) is 11.1 Å². The molecule has 0 bridgehead atoms. The Bertz CT molecular complexity index is 946. The van der Waals surface area contributed by atoms with E-state index in [1.807, 2.05) is 32.9 Å². The highest BCUT2D eigenvalue weighted by Crippen LogP contribution is 2.27. The molecule has 0 fully saturated rings. The Labute approximate surface area is 130 Å². The van der Waals surface area contributed by atoms with Gasteiger partial charge in [0.2, 0.25) is 0 Å². The first kappa shape index (κ1) is 14.6. The zero-order valence-corrected chi connectivity index (χ0v) is 13.7. The van der Waals surface area contributed by atoms with Gasteiger partial charge < -0.3 is 4.42 Å². The lowest BCUT2D eigenvalue weighted by atomic mass is 9.99. The van der Waals surface area contributed by atoms with E-state index >= 15 is 0 Å². The van der Waals surface area contributed by atoms with Crippen molar-refractivity contribution >= 4 is 11.0 Å². The van der Waals surface area contributed by atoms with Crippen molar-refractivity contribution in [3.05, 3.63) is 68.4 Å². The molecule has 22 heavy (non-hydrogen) atoms. The molecule has 0 aliphatic heterocycles. The van der Waals surface area contributed by atoms with Crippen LogP contribution in [0.3, 0.4) is 0 Å². The summed E-state index contributed by atoms with van der Waals surface area (Å²) < 4.78 is 6.04. The third-order valence-electron chi connectivity index (χ3n) is 4.64. The number of hydrogen-bond acceptors (Lipinski definition) is 2. The molecule has 112 valence electrons. The maximum absolute atomic E-state index is 12.5. The van der Waals surface area contributed by atoms with Crippen LogP contribution in [0.2, 0.25) is 0 Å². The van der Waals surface area contributed by atoms with Gasteiger partial charge in [0.05, 0.1) is 5.39 Å². The van der Waals surface area contributed by atoms with Gasteiger partial charge in [-0.15, -0.1) is 0 Å². The number of aryl methyl sites for hydroxylation is 4. The lowest BCUT2D eigenvalue weighted by Gasteiger charge is -2.10. The molecule has 0 saturated heterocycles. The predicted octanol–water partition coefficient (Wildman–Crippen LogP) is 5.00. The van der Waals surface area contributed by atoms with Crippen LogP contribution in [-0.2, 0) is 0 Å². The molecule has 0 radical (unpaired) electrons. The van der Waals surface area contributed by atoms with Crippen LogP contribution in [0.4, 0.5) is 0 Å². The summed E-state index contributed by atoms with van der Waals surface area (Å²) in [5, 5.41) is 0.690. The van der Waals surface area contributed by atoms with Crippen molar-refractivity contribution in [2.24, 2.45) is 0 Å². The summed E-state index contributed by atoms with van der Waals surface area (Å²) in [6.07, 6.45) is 0. The van der Waals surface area contributed by atoms with Crippen LogP contribution in [0, 0.1) is 34.6 Å². The highest BCUT2D eigenvalue weighted by molar-refractivity contribution is 5.84. The van der Waals surface area contributed by atoms with Crippen molar-refractivity contribution in [3.63, 3.8) is 0 Å². The molecule has 3 rings (SSSR count). The van der Waals surface area contributed by atoms with Crippen molar-refractivity contribution in [1.29, 1.82) is 0 Å². The summed E-state index contributed by atoms with van der Waals surface area (Å²) in [5.74, 6) is 0.628. The van der Waals surface area contributed by atoms with Crippen molar-refractivity contribution in [3.8, 4) is 11.3 Å². The Morgan fingerprint density at radius 1 is 0.773 bits per heavy atom. The van der Waals surface area contributed by atoms with Crippen molar-refractivity contribution in [1.82, 2.24) is 0 Å². The SMILES string of the molecule is Cc1ccc(-c2cc(=O)c3c(C)c(C)c(C)cc3o2)cc1C. The van der Waals surface area contributed by atoms with Crippen LogP contribution in [0.1, 0.15) is 27.8 Å². The number of benzene rings is 2. The lowest BCUT2D eigenvalue weighted by molar-refractivity contribution is 0.618. The third-order valence-corrected chi connectivity index (χ3v) is 4.64. The van der Waals surface area contributed by atoms with Crippen molar-refractivity contribution < 1.29 is 4.42 Å². The molecule has 0 aliphatic rings. The fourth-order valence-electron chi connectivity index (χ4n) is 2.81. The minimum Gasteiger partial charge on any atom is -0.456 e. The van der Waals surface area contributed by atoms with Gasteiger partial charge in [0.25, 0.3) is 0 Å². The topological polar surface area (TPSA) is 30.2 Å². The second-order valence-electron chi connectivity index (χ2n) is 6.09. The van der Waals surface area contributed by atoms with E-state index in [1.54, 1.807) is 6.07 Å². The quantitative estimate of drug-likeness (QED) is 0.631. The second kappa shape index (κ2) is 5.13. The molecule has 1 aromatic heterocycles. The zero-order valence-electron chi connectivity index (χ0n) is 13.7. The Kier molecular flexibility index (Phi) is 3.40. The van der Waals surface area contributed by atoms with Gasteiger partial charge in [-0.3, -0.25) is 4.79 Å². The molecule has 0 aliphatic carbocycles. The molecule has 0 spiro atoms. The van der Waals surface area contributed by atoms with Crippen LogP contribution < -0.4 is 5.43 Å². The Hall–Kier alpha value is -2.35. The van der Waals surface area contributed by atoms with Crippen LogP contribution in [0.5, 0.6) is 0 Å². The Morgan fingerprint density at radius 3 is 2.18 bits per heavy atom. The summed E-state index contributed by atoms with van der Waals surface area (Å²) in [6, 6.07) is 9.69.